The van der Waals surface area contributed by atoms with E-state index in [4.69, 9.17) is 9.84 Å². The predicted molar refractivity (Wildman–Crippen MR) is 93.0 cm³/mol. The minimum absolute atomic E-state index is 0.285. The normalized spacial score (nSPS) is 15.7. The van der Waals surface area contributed by atoms with Crippen LogP contribution >= 0.6 is 15.9 Å². The molecule has 0 atom stereocenters. The molecule has 0 radical (unpaired) electrons. The standard InChI is InChI=1S/C17H21BrN2O3/c1-23-9-3-8-20-11-12(10-17(6-7-17)19-16(21)22)15-13(18)4-2-5-14(15)20/h2,4-5,11,19H,3,6-10H2,1H3,(H,21,22). The van der Waals surface area contributed by atoms with Gasteiger partial charge in [0.15, 0.2) is 0 Å². The van der Waals surface area contributed by atoms with Crippen LogP contribution in [0.1, 0.15) is 24.8 Å². The highest BCUT2D eigenvalue weighted by molar-refractivity contribution is 9.10. The monoisotopic (exact) mass is 380 g/mol. The summed E-state index contributed by atoms with van der Waals surface area (Å²) in [5, 5.41) is 12.9. The summed E-state index contributed by atoms with van der Waals surface area (Å²) in [6.07, 6.45) is 4.71. The molecular formula is C17H21BrN2O3. The summed E-state index contributed by atoms with van der Waals surface area (Å²) in [6, 6.07) is 6.18. The number of benzene rings is 1. The van der Waals surface area contributed by atoms with Crippen molar-refractivity contribution in [1.82, 2.24) is 9.88 Å². The van der Waals surface area contributed by atoms with Crippen LogP contribution in [0.5, 0.6) is 0 Å². The van der Waals surface area contributed by atoms with Crippen molar-refractivity contribution >= 4 is 32.9 Å². The van der Waals surface area contributed by atoms with E-state index in [1.54, 1.807) is 7.11 Å². The Morgan fingerprint density at radius 1 is 1.48 bits per heavy atom. The number of carbonyl (C=O) groups is 1. The molecule has 1 heterocycles. The molecule has 6 heteroatoms. The average Bonchev–Trinajstić information content (AvgIpc) is 3.14. The zero-order valence-corrected chi connectivity index (χ0v) is 14.7. The highest BCUT2D eigenvalue weighted by atomic mass is 79.9. The molecule has 1 aromatic carbocycles. The second-order valence-corrected chi connectivity index (χ2v) is 7.07. The Bertz CT molecular complexity index is 722. The van der Waals surface area contributed by atoms with Gasteiger partial charge in [-0.1, -0.05) is 22.0 Å². The van der Waals surface area contributed by atoms with Crippen LogP contribution in [0.25, 0.3) is 10.9 Å². The summed E-state index contributed by atoms with van der Waals surface area (Å²) in [5.41, 5.74) is 2.08. The first kappa shape index (κ1) is 16.3. The van der Waals surface area contributed by atoms with Crippen LogP contribution in [-0.4, -0.2) is 35.0 Å². The van der Waals surface area contributed by atoms with Gasteiger partial charge in [-0.2, -0.15) is 0 Å². The first-order valence-corrected chi connectivity index (χ1v) is 8.60. The highest BCUT2D eigenvalue weighted by Crippen LogP contribution is 2.41. The summed E-state index contributed by atoms with van der Waals surface area (Å²) in [4.78, 5) is 11.0. The van der Waals surface area contributed by atoms with Crippen molar-refractivity contribution in [3.05, 3.63) is 34.4 Å². The Labute approximate surface area is 143 Å². The molecule has 124 valence electrons. The lowest BCUT2D eigenvalue weighted by Crippen LogP contribution is -2.37. The van der Waals surface area contributed by atoms with Crippen LogP contribution in [0.4, 0.5) is 4.79 Å². The van der Waals surface area contributed by atoms with Gasteiger partial charge in [0.2, 0.25) is 0 Å². The van der Waals surface area contributed by atoms with E-state index < -0.39 is 6.09 Å². The summed E-state index contributed by atoms with van der Waals surface area (Å²) in [7, 11) is 1.71. The number of amides is 1. The van der Waals surface area contributed by atoms with Gasteiger partial charge in [0.25, 0.3) is 0 Å². The van der Waals surface area contributed by atoms with E-state index in [2.05, 4.69) is 38.1 Å². The van der Waals surface area contributed by atoms with Crippen molar-refractivity contribution in [2.24, 2.45) is 0 Å². The molecule has 0 bridgehead atoms. The Morgan fingerprint density at radius 2 is 2.26 bits per heavy atom. The molecular weight excluding hydrogens is 360 g/mol. The Hall–Kier alpha value is -1.53. The maximum atomic E-state index is 11.0. The molecule has 3 rings (SSSR count). The molecule has 0 unspecified atom stereocenters. The van der Waals surface area contributed by atoms with Crippen molar-refractivity contribution in [1.29, 1.82) is 0 Å². The number of carboxylic acid groups (broad SMARTS) is 1. The van der Waals surface area contributed by atoms with Crippen molar-refractivity contribution in [3.63, 3.8) is 0 Å². The van der Waals surface area contributed by atoms with Gasteiger partial charge in [-0.15, -0.1) is 0 Å². The molecule has 2 N–H and O–H groups in total. The van der Waals surface area contributed by atoms with Crippen LogP contribution in [0.2, 0.25) is 0 Å². The summed E-state index contributed by atoms with van der Waals surface area (Å²) >= 11 is 3.65. The molecule has 2 aromatic rings. The second kappa shape index (κ2) is 6.53. The van der Waals surface area contributed by atoms with E-state index in [1.165, 1.54) is 16.5 Å². The average molecular weight is 381 g/mol. The van der Waals surface area contributed by atoms with Crippen molar-refractivity contribution in [2.75, 3.05) is 13.7 Å². The number of aromatic nitrogens is 1. The largest absolute Gasteiger partial charge is 0.465 e. The molecule has 0 aliphatic heterocycles. The quantitative estimate of drug-likeness (QED) is 0.718. The van der Waals surface area contributed by atoms with E-state index in [0.29, 0.717) is 0 Å². The van der Waals surface area contributed by atoms with Gasteiger partial charge in [-0.25, -0.2) is 4.79 Å². The summed E-state index contributed by atoms with van der Waals surface area (Å²) in [6.45, 7) is 1.62. The summed E-state index contributed by atoms with van der Waals surface area (Å²) < 4.78 is 8.44. The van der Waals surface area contributed by atoms with Gasteiger partial charge >= 0.3 is 6.09 Å². The number of hydrogen-bond donors (Lipinski definition) is 2. The fraction of sp³-hybridized carbons (Fsp3) is 0.471. The van der Waals surface area contributed by atoms with Crippen LogP contribution in [0.15, 0.2) is 28.9 Å². The number of rotatable bonds is 7. The molecule has 1 aliphatic carbocycles. The third-order valence-corrected chi connectivity index (χ3v) is 5.10. The Balaban J connectivity index is 1.91. The number of halogens is 1. The number of aryl methyl sites for hydroxylation is 1. The number of nitrogens with zero attached hydrogens (tertiary/aromatic N) is 1. The zero-order chi connectivity index (χ0) is 16.4. The maximum absolute atomic E-state index is 11.0. The van der Waals surface area contributed by atoms with Crippen LogP contribution in [0, 0.1) is 0 Å². The number of nitrogens with one attached hydrogen (secondary N) is 1. The van der Waals surface area contributed by atoms with E-state index in [0.717, 1.165) is 43.3 Å². The number of ether oxygens (including phenoxy) is 1. The van der Waals surface area contributed by atoms with Gasteiger partial charge in [0.05, 0.1) is 0 Å². The first-order chi connectivity index (χ1) is 11.0. The van der Waals surface area contributed by atoms with Crippen molar-refractivity contribution < 1.29 is 14.6 Å². The SMILES string of the molecule is COCCCn1cc(CC2(NC(=O)O)CC2)c2c(Br)cccc21. The third kappa shape index (κ3) is 3.53. The number of hydrogen-bond acceptors (Lipinski definition) is 2. The van der Waals surface area contributed by atoms with E-state index >= 15 is 0 Å². The molecule has 5 nitrogen and oxygen atoms in total. The molecule has 23 heavy (non-hydrogen) atoms. The smallest absolute Gasteiger partial charge is 0.405 e. The van der Waals surface area contributed by atoms with Crippen molar-refractivity contribution in [3.8, 4) is 0 Å². The maximum Gasteiger partial charge on any atom is 0.405 e. The minimum Gasteiger partial charge on any atom is -0.465 e. The number of methoxy groups -OCH3 is 1. The summed E-state index contributed by atoms with van der Waals surface area (Å²) in [5.74, 6) is 0. The third-order valence-electron chi connectivity index (χ3n) is 4.44. The fourth-order valence-corrected chi connectivity index (χ4v) is 3.79. The van der Waals surface area contributed by atoms with E-state index in [1.807, 2.05) is 12.1 Å². The lowest BCUT2D eigenvalue weighted by molar-refractivity contribution is 0.188. The Morgan fingerprint density at radius 3 is 2.91 bits per heavy atom. The Kier molecular flexibility index (Phi) is 4.64. The highest BCUT2D eigenvalue weighted by Gasteiger charge is 2.44. The lowest BCUT2D eigenvalue weighted by Gasteiger charge is -2.14. The lowest BCUT2D eigenvalue weighted by atomic mass is 10.0. The molecule has 1 aromatic heterocycles. The topological polar surface area (TPSA) is 63.5 Å². The molecule has 1 saturated carbocycles. The van der Waals surface area contributed by atoms with Crippen LogP contribution < -0.4 is 5.32 Å². The molecule has 1 fully saturated rings. The second-order valence-electron chi connectivity index (χ2n) is 6.22. The minimum atomic E-state index is -0.939. The van der Waals surface area contributed by atoms with Crippen molar-refractivity contribution in [2.45, 2.75) is 37.8 Å². The van der Waals surface area contributed by atoms with Crippen LogP contribution in [0.3, 0.4) is 0 Å². The van der Waals surface area contributed by atoms with Crippen LogP contribution in [-0.2, 0) is 17.7 Å². The molecule has 1 amide bonds. The molecule has 1 aliphatic rings. The fourth-order valence-electron chi connectivity index (χ4n) is 3.18. The van der Waals surface area contributed by atoms with E-state index in [-0.39, 0.29) is 5.54 Å². The van der Waals surface area contributed by atoms with Gasteiger partial charge in [0, 0.05) is 47.4 Å². The molecule has 0 spiro atoms. The molecule has 0 saturated heterocycles. The number of fused-ring (bicyclic) bond motifs is 1. The van der Waals surface area contributed by atoms with Gasteiger partial charge < -0.3 is 19.7 Å². The van der Waals surface area contributed by atoms with Gasteiger partial charge in [0.1, 0.15) is 0 Å². The zero-order valence-electron chi connectivity index (χ0n) is 13.1. The van der Waals surface area contributed by atoms with E-state index in [9.17, 15) is 4.79 Å². The van der Waals surface area contributed by atoms with Gasteiger partial charge in [-0.3, -0.25) is 0 Å². The predicted octanol–water partition coefficient (Wildman–Crippen LogP) is 3.78. The first-order valence-electron chi connectivity index (χ1n) is 7.81. The van der Waals surface area contributed by atoms with Gasteiger partial charge in [-0.05, 0) is 43.4 Å².